The summed E-state index contributed by atoms with van der Waals surface area (Å²) < 4.78 is 6.10. The molecule has 0 N–H and O–H groups in total. The monoisotopic (exact) mass is 309 g/mol. The topological polar surface area (TPSA) is 69.4 Å². The number of hydrogen-bond acceptors (Lipinski definition) is 4. The van der Waals surface area contributed by atoms with Gasteiger partial charge in [-0.25, -0.2) is 0 Å². The highest BCUT2D eigenvalue weighted by atomic mass is 28.4. The third-order valence-electron chi connectivity index (χ3n) is 4.13. The van der Waals surface area contributed by atoms with Gasteiger partial charge in [0, 0.05) is 12.1 Å². The third kappa shape index (κ3) is 3.98. The van der Waals surface area contributed by atoms with Crippen LogP contribution in [0.4, 0.5) is 5.69 Å². The number of rotatable bonds is 5. The standard InChI is InChI=1S/C15H23NO4Si/c1-11-7-8-12(16(18)19)9-13(11)14(10-17)20-21(5,6)15(2,3)4/h7-10,14H,1-6H3. The van der Waals surface area contributed by atoms with Gasteiger partial charge in [0.2, 0.25) is 0 Å². The van der Waals surface area contributed by atoms with E-state index in [1.165, 1.54) is 12.1 Å². The molecule has 0 fully saturated rings. The summed E-state index contributed by atoms with van der Waals surface area (Å²) in [4.78, 5) is 21.9. The zero-order valence-electron chi connectivity index (χ0n) is 13.5. The molecule has 0 bridgehead atoms. The van der Waals surface area contributed by atoms with Gasteiger partial charge in [-0.05, 0) is 36.2 Å². The lowest BCUT2D eigenvalue weighted by molar-refractivity contribution is -0.385. The van der Waals surface area contributed by atoms with E-state index in [1.807, 2.05) is 6.92 Å². The maximum Gasteiger partial charge on any atom is 0.269 e. The van der Waals surface area contributed by atoms with Gasteiger partial charge in [0.15, 0.2) is 14.6 Å². The van der Waals surface area contributed by atoms with E-state index in [0.29, 0.717) is 5.56 Å². The minimum absolute atomic E-state index is 0.0266. The lowest BCUT2D eigenvalue weighted by atomic mass is 10.0. The maximum absolute atomic E-state index is 11.5. The molecule has 1 rings (SSSR count). The Balaban J connectivity index is 3.20. The minimum Gasteiger partial charge on any atom is -0.403 e. The molecule has 0 aromatic heterocycles. The fraction of sp³-hybridized carbons (Fsp3) is 0.533. The van der Waals surface area contributed by atoms with Crippen LogP contribution < -0.4 is 0 Å². The molecule has 5 nitrogen and oxygen atoms in total. The van der Waals surface area contributed by atoms with Crippen LogP contribution in [-0.4, -0.2) is 19.5 Å². The largest absolute Gasteiger partial charge is 0.403 e. The number of aldehydes is 1. The van der Waals surface area contributed by atoms with Crippen molar-refractivity contribution in [3.63, 3.8) is 0 Å². The molecule has 1 atom stereocenters. The average molecular weight is 309 g/mol. The van der Waals surface area contributed by atoms with Crippen molar-refractivity contribution in [3.8, 4) is 0 Å². The van der Waals surface area contributed by atoms with E-state index in [1.54, 1.807) is 6.07 Å². The summed E-state index contributed by atoms with van der Waals surface area (Å²) in [5.41, 5.74) is 1.36. The molecule has 21 heavy (non-hydrogen) atoms. The van der Waals surface area contributed by atoms with Crippen LogP contribution in [0.3, 0.4) is 0 Å². The molecule has 0 amide bonds. The first-order valence-electron chi connectivity index (χ1n) is 6.87. The van der Waals surface area contributed by atoms with Crippen molar-refractivity contribution in [2.45, 2.75) is 51.9 Å². The number of carbonyl (C=O) groups excluding carboxylic acids is 1. The number of nitro benzene ring substituents is 1. The second-order valence-electron chi connectivity index (χ2n) is 6.73. The first kappa shape index (κ1) is 17.5. The van der Waals surface area contributed by atoms with Gasteiger partial charge in [0.1, 0.15) is 6.10 Å². The zero-order valence-corrected chi connectivity index (χ0v) is 14.5. The molecule has 0 aliphatic heterocycles. The second-order valence-corrected chi connectivity index (χ2v) is 11.5. The van der Waals surface area contributed by atoms with Crippen molar-refractivity contribution < 1.29 is 14.1 Å². The fourth-order valence-electron chi connectivity index (χ4n) is 1.71. The predicted molar refractivity (Wildman–Crippen MR) is 84.9 cm³/mol. The highest BCUT2D eigenvalue weighted by molar-refractivity contribution is 6.74. The molecule has 6 heteroatoms. The SMILES string of the molecule is Cc1ccc([N+](=O)[O-])cc1C(C=O)O[Si](C)(C)C(C)(C)C. The van der Waals surface area contributed by atoms with Crippen LogP contribution in [-0.2, 0) is 9.22 Å². The van der Waals surface area contributed by atoms with Gasteiger partial charge in [-0.3, -0.25) is 10.1 Å². The van der Waals surface area contributed by atoms with E-state index in [0.717, 1.165) is 11.8 Å². The highest BCUT2D eigenvalue weighted by Crippen LogP contribution is 2.40. The minimum atomic E-state index is -2.14. The van der Waals surface area contributed by atoms with Gasteiger partial charge in [-0.1, -0.05) is 26.8 Å². The van der Waals surface area contributed by atoms with Gasteiger partial charge in [0.25, 0.3) is 5.69 Å². The summed E-state index contributed by atoms with van der Waals surface area (Å²) in [6.45, 7) is 12.2. The van der Waals surface area contributed by atoms with Crippen LogP contribution in [0.1, 0.15) is 38.0 Å². The molecule has 0 aliphatic carbocycles. The summed E-state index contributed by atoms with van der Waals surface area (Å²) >= 11 is 0. The summed E-state index contributed by atoms with van der Waals surface area (Å²) in [6, 6.07) is 4.52. The van der Waals surface area contributed by atoms with Crippen LogP contribution in [0, 0.1) is 17.0 Å². The number of benzene rings is 1. The summed E-state index contributed by atoms with van der Waals surface area (Å²) in [7, 11) is -2.14. The molecule has 0 heterocycles. The second kappa shape index (κ2) is 6.07. The number of carbonyl (C=O) groups is 1. The first-order valence-corrected chi connectivity index (χ1v) is 9.78. The summed E-state index contributed by atoms with van der Waals surface area (Å²) in [5, 5.41) is 10.9. The quantitative estimate of drug-likeness (QED) is 0.354. The van der Waals surface area contributed by atoms with E-state index in [2.05, 4.69) is 33.9 Å². The summed E-state index contributed by atoms with van der Waals surface area (Å²) in [6.07, 6.45) is -0.0298. The molecule has 0 aliphatic rings. The Morgan fingerprint density at radius 1 is 1.33 bits per heavy atom. The fourth-order valence-corrected chi connectivity index (χ4v) is 2.88. The Hall–Kier alpha value is -1.53. The van der Waals surface area contributed by atoms with E-state index in [4.69, 9.17) is 4.43 Å². The van der Waals surface area contributed by atoms with Crippen molar-refractivity contribution in [1.29, 1.82) is 0 Å². The molecular weight excluding hydrogens is 286 g/mol. The Morgan fingerprint density at radius 2 is 1.90 bits per heavy atom. The van der Waals surface area contributed by atoms with E-state index in [9.17, 15) is 14.9 Å². The molecule has 1 aromatic carbocycles. The Kier molecular flexibility index (Phi) is 5.06. The Bertz CT molecular complexity index is 549. The van der Waals surface area contributed by atoms with Gasteiger partial charge in [0.05, 0.1) is 4.92 Å². The van der Waals surface area contributed by atoms with Crippen molar-refractivity contribution in [2.24, 2.45) is 0 Å². The number of nitro groups is 1. The lowest BCUT2D eigenvalue weighted by Gasteiger charge is -2.38. The summed E-state index contributed by atoms with van der Waals surface area (Å²) in [5.74, 6) is 0. The van der Waals surface area contributed by atoms with E-state index < -0.39 is 19.3 Å². The normalized spacial score (nSPS) is 13.8. The molecule has 0 saturated carbocycles. The van der Waals surface area contributed by atoms with Crippen LogP contribution in [0.15, 0.2) is 18.2 Å². The zero-order chi connectivity index (χ0) is 16.4. The predicted octanol–water partition coefficient (Wildman–Crippen LogP) is 4.17. The van der Waals surface area contributed by atoms with Gasteiger partial charge in [-0.15, -0.1) is 0 Å². The van der Waals surface area contributed by atoms with Gasteiger partial charge >= 0.3 is 0 Å². The van der Waals surface area contributed by atoms with Crippen molar-refractivity contribution in [2.75, 3.05) is 0 Å². The van der Waals surface area contributed by atoms with Crippen molar-refractivity contribution in [1.82, 2.24) is 0 Å². The number of aryl methyl sites for hydroxylation is 1. The molecule has 1 unspecified atom stereocenters. The Labute approximate surface area is 126 Å². The van der Waals surface area contributed by atoms with Crippen LogP contribution >= 0.6 is 0 Å². The molecular formula is C15H23NO4Si. The highest BCUT2D eigenvalue weighted by Gasteiger charge is 2.39. The number of hydrogen-bond donors (Lipinski definition) is 0. The molecule has 0 saturated heterocycles. The average Bonchev–Trinajstić information content (AvgIpc) is 2.35. The first-order chi connectivity index (χ1) is 9.49. The van der Waals surface area contributed by atoms with Crippen molar-refractivity contribution >= 4 is 20.3 Å². The molecule has 0 spiro atoms. The molecule has 116 valence electrons. The third-order valence-corrected chi connectivity index (χ3v) is 8.59. The van der Waals surface area contributed by atoms with Crippen LogP contribution in [0.2, 0.25) is 18.1 Å². The van der Waals surface area contributed by atoms with E-state index >= 15 is 0 Å². The van der Waals surface area contributed by atoms with Crippen molar-refractivity contribution in [3.05, 3.63) is 39.4 Å². The van der Waals surface area contributed by atoms with Crippen LogP contribution in [0.5, 0.6) is 0 Å². The van der Waals surface area contributed by atoms with E-state index in [-0.39, 0.29) is 10.7 Å². The molecule has 0 radical (unpaired) electrons. The maximum atomic E-state index is 11.5. The lowest BCUT2D eigenvalue weighted by Crippen LogP contribution is -2.42. The van der Waals surface area contributed by atoms with Crippen LogP contribution in [0.25, 0.3) is 0 Å². The number of nitrogens with zero attached hydrogens (tertiary/aromatic N) is 1. The Morgan fingerprint density at radius 3 is 2.33 bits per heavy atom. The molecule has 1 aromatic rings. The van der Waals surface area contributed by atoms with Gasteiger partial charge < -0.3 is 9.22 Å². The number of non-ortho nitro benzene ring substituents is 1. The van der Waals surface area contributed by atoms with Gasteiger partial charge in [-0.2, -0.15) is 0 Å². The smallest absolute Gasteiger partial charge is 0.269 e.